The molecule has 2 aromatic carbocycles. The first kappa shape index (κ1) is 17.8. The summed E-state index contributed by atoms with van der Waals surface area (Å²) in [7, 11) is 1.69. The lowest BCUT2D eigenvalue weighted by Gasteiger charge is -2.37. The van der Waals surface area contributed by atoms with Crippen molar-refractivity contribution in [1.29, 1.82) is 0 Å². The normalized spacial score (nSPS) is 18.9. The van der Waals surface area contributed by atoms with Gasteiger partial charge in [0, 0.05) is 25.6 Å². The molecule has 8 heteroatoms. The van der Waals surface area contributed by atoms with Gasteiger partial charge >= 0.3 is 0 Å². The van der Waals surface area contributed by atoms with Crippen molar-refractivity contribution in [3.63, 3.8) is 0 Å². The van der Waals surface area contributed by atoms with Crippen LogP contribution in [0, 0.1) is 10.1 Å². The number of carbonyl (C=O) groups excluding carboxylic acids is 1. The van der Waals surface area contributed by atoms with Gasteiger partial charge in [-0.05, 0) is 24.6 Å². The van der Waals surface area contributed by atoms with Crippen LogP contribution in [-0.4, -0.2) is 32.3 Å². The van der Waals surface area contributed by atoms with E-state index in [9.17, 15) is 19.7 Å². The summed E-state index contributed by atoms with van der Waals surface area (Å²) in [6.07, 6.45) is 0.401. The maximum absolute atomic E-state index is 13.0. The Bertz CT molecular complexity index is 1150. The fourth-order valence-corrected chi connectivity index (χ4v) is 3.71. The Hall–Kier alpha value is -3.55. The van der Waals surface area contributed by atoms with E-state index < -0.39 is 17.0 Å². The molecule has 28 heavy (non-hydrogen) atoms. The van der Waals surface area contributed by atoms with Crippen molar-refractivity contribution in [3.8, 4) is 0 Å². The van der Waals surface area contributed by atoms with Gasteiger partial charge < -0.3 is 4.90 Å². The van der Waals surface area contributed by atoms with Crippen molar-refractivity contribution in [1.82, 2.24) is 14.5 Å². The fraction of sp³-hybridized carbons (Fsp3) is 0.250. The molecule has 1 aliphatic heterocycles. The minimum absolute atomic E-state index is 0.00573. The Morgan fingerprint density at radius 3 is 2.46 bits per heavy atom. The molecule has 0 fully saturated rings. The smallest absolute Gasteiger partial charge is 0.269 e. The second-order valence-corrected chi connectivity index (χ2v) is 6.93. The van der Waals surface area contributed by atoms with E-state index in [4.69, 9.17) is 4.98 Å². The number of aromatic nitrogens is 2. The number of amides is 1. The summed E-state index contributed by atoms with van der Waals surface area (Å²) in [6, 6.07) is 12.2. The van der Waals surface area contributed by atoms with Crippen LogP contribution in [-0.2, 0) is 11.2 Å². The molecule has 4 rings (SSSR count). The van der Waals surface area contributed by atoms with Crippen molar-refractivity contribution in [2.45, 2.75) is 25.4 Å². The lowest BCUT2D eigenvalue weighted by Crippen LogP contribution is -2.48. The summed E-state index contributed by atoms with van der Waals surface area (Å²) in [4.78, 5) is 42.5. The van der Waals surface area contributed by atoms with Crippen LogP contribution in [0.2, 0.25) is 0 Å². The van der Waals surface area contributed by atoms with Gasteiger partial charge in [-0.15, -0.1) is 0 Å². The molecule has 0 saturated heterocycles. The van der Waals surface area contributed by atoms with Gasteiger partial charge in [0.1, 0.15) is 11.9 Å². The van der Waals surface area contributed by atoms with Crippen LogP contribution in [0.25, 0.3) is 10.9 Å². The molecule has 8 nitrogen and oxygen atoms in total. The number of hydrogen-bond acceptors (Lipinski definition) is 5. The number of fused-ring (bicyclic) bond motifs is 2. The number of rotatable bonds is 3. The molecule has 0 saturated carbocycles. The van der Waals surface area contributed by atoms with Crippen LogP contribution in [0.15, 0.2) is 53.3 Å². The maximum Gasteiger partial charge on any atom is 0.269 e. The molecular formula is C20H18N4O4. The monoisotopic (exact) mass is 378 g/mol. The van der Waals surface area contributed by atoms with Crippen LogP contribution in [0.1, 0.15) is 30.4 Å². The van der Waals surface area contributed by atoms with E-state index in [1.807, 2.05) is 6.07 Å². The number of para-hydroxylation sites is 1. The third kappa shape index (κ3) is 2.74. The number of non-ortho nitro benzene ring substituents is 1. The second kappa shape index (κ2) is 6.56. The molecule has 2 atom stereocenters. The number of carbonyl (C=O) groups is 1. The average molecular weight is 378 g/mol. The lowest BCUT2D eigenvalue weighted by atomic mass is 9.99. The van der Waals surface area contributed by atoms with Crippen molar-refractivity contribution in [2.24, 2.45) is 0 Å². The van der Waals surface area contributed by atoms with Crippen LogP contribution in [0.5, 0.6) is 0 Å². The average Bonchev–Trinajstić information content (AvgIpc) is 2.70. The highest BCUT2D eigenvalue weighted by molar-refractivity contribution is 5.83. The van der Waals surface area contributed by atoms with Gasteiger partial charge in [-0.25, -0.2) is 4.98 Å². The SMILES string of the molecule is C[C@H]1C(=O)N(C)[C@H](Cc2ccc([N+](=O)[O-])cc2)c2nc3ccccc3c(=O)n21. The molecule has 0 aliphatic carbocycles. The minimum atomic E-state index is -0.641. The second-order valence-electron chi connectivity index (χ2n) is 6.93. The van der Waals surface area contributed by atoms with Crippen molar-refractivity contribution >= 4 is 22.5 Å². The molecule has 1 aromatic heterocycles. The first-order valence-electron chi connectivity index (χ1n) is 8.89. The zero-order valence-electron chi connectivity index (χ0n) is 15.4. The number of nitro benzene ring substituents is 1. The van der Waals surface area contributed by atoms with E-state index >= 15 is 0 Å². The van der Waals surface area contributed by atoms with Gasteiger partial charge in [-0.1, -0.05) is 24.3 Å². The van der Waals surface area contributed by atoms with Gasteiger partial charge in [0.25, 0.3) is 11.2 Å². The van der Waals surface area contributed by atoms with E-state index in [-0.39, 0.29) is 17.2 Å². The lowest BCUT2D eigenvalue weighted by molar-refractivity contribution is -0.384. The molecule has 1 amide bonds. The maximum atomic E-state index is 13.0. The van der Waals surface area contributed by atoms with Gasteiger partial charge in [0.05, 0.1) is 21.9 Å². The predicted octanol–water partition coefficient (Wildman–Crippen LogP) is 2.62. The highest BCUT2D eigenvalue weighted by Crippen LogP contribution is 2.31. The minimum Gasteiger partial charge on any atom is -0.333 e. The molecule has 142 valence electrons. The highest BCUT2D eigenvalue weighted by atomic mass is 16.6. The highest BCUT2D eigenvalue weighted by Gasteiger charge is 2.37. The summed E-state index contributed by atoms with van der Waals surface area (Å²) in [5.41, 5.74) is 1.18. The molecule has 0 bridgehead atoms. The summed E-state index contributed by atoms with van der Waals surface area (Å²) in [6.45, 7) is 1.70. The molecule has 0 unspecified atom stereocenters. The number of nitrogens with zero attached hydrogens (tertiary/aromatic N) is 4. The van der Waals surface area contributed by atoms with Crippen molar-refractivity contribution in [2.75, 3.05) is 7.05 Å². The molecule has 1 aliphatic rings. The van der Waals surface area contributed by atoms with E-state index in [0.717, 1.165) is 5.56 Å². The predicted molar refractivity (Wildman–Crippen MR) is 103 cm³/mol. The standard InChI is InChI=1S/C20H18N4O4/c1-12-19(25)22(2)17(11-13-7-9-14(10-8-13)24(27)28)18-21-16-6-4-3-5-15(16)20(26)23(12)18/h3-10,12,17H,11H2,1-2H3/t12-,17+/m0/s1. The first-order valence-corrected chi connectivity index (χ1v) is 8.89. The number of nitro groups is 1. The van der Waals surface area contributed by atoms with E-state index in [1.54, 1.807) is 49.2 Å². The summed E-state index contributed by atoms with van der Waals surface area (Å²) >= 11 is 0. The number of hydrogen-bond donors (Lipinski definition) is 0. The van der Waals surface area contributed by atoms with Gasteiger partial charge in [0.15, 0.2) is 0 Å². The third-order valence-electron chi connectivity index (χ3n) is 5.27. The van der Waals surface area contributed by atoms with Gasteiger partial charge in [-0.3, -0.25) is 24.3 Å². The molecule has 0 N–H and O–H groups in total. The summed E-state index contributed by atoms with van der Waals surface area (Å²) in [5.74, 6) is 0.357. The van der Waals surface area contributed by atoms with Crippen LogP contribution < -0.4 is 5.56 Å². The quantitative estimate of drug-likeness (QED) is 0.515. The molecule has 0 spiro atoms. The topological polar surface area (TPSA) is 98.3 Å². The summed E-state index contributed by atoms with van der Waals surface area (Å²) in [5, 5.41) is 11.3. The van der Waals surface area contributed by atoms with Gasteiger partial charge in [-0.2, -0.15) is 0 Å². The largest absolute Gasteiger partial charge is 0.333 e. The number of likely N-dealkylation sites (N-methyl/N-ethyl adjacent to an activating group) is 1. The zero-order chi connectivity index (χ0) is 20.0. The van der Waals surface area contributed by atoms with E-state index in [1.165, 1.54) is 16.7 Å². The van der Waals surface area contributed by atoms with Crippen LogP contribution >= 0.6 is 0 Å². The molecule has 0 radical (unpaired) electrons. The van der Waals surface area contributed by atoms with Crippen LogP contribution in [0.3, 0.4) is 0 Å². The Morgan fingerprint density at radius 1 is 1.11 bits per heavy atom. The molecule has 2 heterocycles. The molecular weight excluding hydrogens is 360 g/mol. The van der Waals surface area contributed by atoms with Crippen molar-refractivity contribution in [3.05, 3.63) is 80.4 Å². The Labute approximate surface area is 160 Å². The van der Waals surface area contributed by atoms with E-state index in [0.29, 0.717) is 23.1 Å². The Morgan fingerprint density at radius 2 is 1.79 bits per heavy atom. The Balaban J connectivity index is 1.84. The first-order chi connectivity index (χ1) is 13.4. The van der Waals surface area contributed by atoms with Crippen molar-refractivity contribution < 1.29 is 9.72 Å². The zero-order valence-corrected chi connectivity index (χ0v) is 15.4. The van der Waals surface area contributed by atoms with E-state index in [2.05, 4.69) is 0 Å². The van der Waals surface area contributed by atoms with Crippen LogP contribution in [0.4, 0.5) is 5.69 Å². The summed E-state index contributed by atoms with van der Waals surface area (Å²) < 4.78 is 1.47. The Kier molecular flexibility index (Phi) is 4.18. The fourth-order valence-electron chi connectivity index (χ4n) is 3.71. The number of benzene rings is 2. The van der Waals surface area contributed by atoms with Gasteiger partial charge in [0.2, 0.25) is 5.91 Å². The molecule has 3 aromatic rings. The third-order valence-corrected chi connectivity index (χ3v) is 5.27.